The number of hydrogen-bond donors (Lipinski definition) is 0. The molecule has 1 aromatic carbocycles. The topological polar surface area (TPSA) is 78.7 Å². The smallest absolute Gasteiger partial charge is 0.346 e. The van der Waals surface area contributed by atoms with Gasteiger partial charge in [0.15, 0.2) is 6.10 Å². The van der Waals surface area contributed by atoms with Gasteiger partial charge in [0.2, 0.25) is 5.75 Å². The summed E-state index contributed by atoms with van der Waals surface area (Å²) in [7, 11) is 1.15. The average Bonchev–Trinajstić information content (AvgIpc) is 2.27. The third kappa shape index (κ3) is 3.13. The van der Waals surface area contributed by atoms with E-state index in [4.69, 9.17) is 4.74 Å². The first-order valence-corrected chi connectivity index (χ1v) is 4.64. The molecule has 0 spiro atoms. The fourth-order valence-electron chi connectivity index (χ4n) is 1.14. The van der Waals surface area contributed by atoms with Gasteiger partial charge < -0.3 is 9.47 Å². The molecule has 0 aliphatic rings. The molecule has 0 aromatic heterocycles. The molecule has 6 nitrogen and oxygen atoms in total. The van der Waals surface area contributed by atoms with Gasteiger partial charge in [-0.15, -0.1) is 0 Å². The van der Waals surface area contributed by atoms with Crippen molar-refractivity contribution < 1.29 is 23.6 Å². The summed E-state index contributed by atoms with van der Waals surface area (Å²) in [5.41, 5.74) is -0.415. The zero-order chi connectivity index (χ0) is 13.0. The van der Waals surface area contributed by atoms with Crippen LogP contribution in [0, 0.1) is 15.9 Å². The van der Waals surface area contributed by atoms with E-state index in [0.717, 1.165) is 25.3 Å². The Balaban J connectivity index is 3.00. The number of nitro groups is 1. The molecule has 0 aliphatic carbocycles. The summed E-state index contributed by atoms with van der Waals surface area (Å²) in [6, 6.07) is 2.75. The van der Waals surface area contributed by atoms with Crippen LogP contribution >= 0.6 is 0 Å². The number of nitro benzene ring substituents is 1. The van der Waals surface area contributed by atoms with Crippen molar-refractivity contribution in [1.29, 1.82) is 0 Å². The van der Waals surface area contributed by atoms with Crippen LogP contribution in [0.2, 0.25) is 0 Å². The van der Waals surface area contributed by atoms with E-state index in [0.29, 0.717) is 0 Å². The molecule has 1 aromatic rings. The molecule has 0 saturated carbocycles. The maximum atomic E-state index is 12.9. The number of carbonyl (C=O) groups is 1. The van der Waals surface area contributed by atoms with Crippen LogP contribution in [0.25, 0.3) is 0 Å². The Morgan fingerprint density at radius 2 is 2.18 bits per heavy atom. The summed E-state index contributed by atoms with van der Waals surface area (Å²) in [4.78, 5) is 21.0. The molecule has 0 heterocycles. The van der Waals surface area contributed by atoms with Gasteiger partial charge in [0, 0.05) is 12.1 Å². The Kier molecular flexibility index (Phi) is 3.97. The summed E-state index contributed by atoms with van der Waals surface area (Å²) in [6.07, 6.45) is -1.06. The molecule has 1 atom stereocenters. The van der Waals surface area contributed by atoms with Crippen LogP contribution in [-0.2, 0) is 9.53 Å². The monoisotopic (exact) mass is 243 g/mol. The lowest BCUT2D eigenvalue weighted by Crippen LogP contribution is -2.25. The SMILES string of the molecule is COC(=O)C(C)Oc1cc(F)ccc1[N+](=O)[O-]. The van der Waals surface area contributed by atoms with E-state index in [9.17, 15) is 19.3 Å². The molecule has 0 N–H and O–H groups in total. The van der Waals surface area contributed by atoms with E-state index in [1.807, 2.05) is 0 Å². The van der Waals surface area contributed by atoms with E-state index < -0.39 is 28.5 Å². The molecule has 0 bridgehead atoms. The highest BCUT2D eigenvalue weighted by atomic mass is 19.1. The molecule has 1 unspecified atom stereocenters. The number of esters is 1. The molecule has 17 heavy (non-hydrogen) atoms. The minimum Gasteiger partial charge on any atom is -0.472 e. The first-order chi connectivity index (χ1) is 7.95. The third-order valence-corrected chi connectivity index (χ3v) is 1.96. The van der Waals surface area contributed by atoms with Crippen molar-refractivity contribution in [3.05, 3.63) is 34.1 Å². The molecule has 0 aliphatic heterocycles. The van der Waals surface area contributed by atoms with Crippen molar-refractivity contribution in [3.8, 4) is 5.75 Å². The van der Waals surface area contributed by atoms with Crippen molar-refractivity contribution in [2.45, 2.75) is 13.0 Å². The van der Waals surface area contributed by atoms with Gasteiger partial charge in [0.05, 0.1) is 12.0 Å². The largest absolute Gasteiger partial charge is 0.472 e. The predicted molar refractivity (Wildman–Crippen MR) is 55.2 cm³/mol. The Morgan fingerprint density at radius 3 is 2.71 bits per heavy atom. The van der Waals surface area contributed by atoms with E-state index in [2.05, 4.69) is 4.74 Å². The van der Waals surface area contributed by atoms with Crippen LogP contribution < -0.4 is 4.74 Å². The summed E-state index contributed by atoms with van der Waals surface area (Å²) in [6.45, 7) is 1.35. The number of methoxy groups -OCH3 is 1. The number of hydrogen-bond acceptors (Lipinski definition) is 5. The number of halogens is 1. The fourth-order valence-corrected chi connectivity index (χ4v) is 1.14. The second kappa shape index (κ2) is 5.24. The standard InChI is InChI=1S/C10H10FNO5/c1-6(10(13)16-2)17-9-5-7(11)3-4-8(9)12(14)15/h3-6H,1-2H3. The second-order valence-electron chi connectivity index (χ2n) is 3.15. The number of rotatable bonds is 4. The van der Waals surface area contributed by atoms with Crippen molar-refractivity contribution in [2.24, 2.45) is 0 Å². The van der Waals surface area contributed by atoms with Crippen LogP contribution in [0.4, 0.5) is 10.1 Å². The van der Waals surface area contributed by atoms with Crippen LogP contribution in [-0.4, -0.2) is 24.1 Å². The normalized spacial score (nSPS) is 11.7. The maximum Gasteiger partial charge on any atom is 0.346 e. The number of benzene rings is 1. The van der Waals surface area contributed by atoms with Crippen molar-refractivity contribution in [3.63, 3.8) is 0 Å². The van der Waals surface area contributed by atoms with Gasteiger partial charge in [0.1, 0.15) is 5.82 Å². The fraction of sp³-hybridized carbons (Fsp3) is 0.300. The minimum absolute atomic E-state index is 0.312. The van der Waals surface area contributed by atoms with Crippen LogP contribution in [0.1, 0.15) is 6.92 Å². The molecular formula is C10H10FNO5. The molecule has 0 radical (unpaired) electrons. The Morgan fingerprint density at radius 1 is 1.53 bits per heavy atom. The van der Waals surface area contributed by atoms with Gasteiger partial charge in [0.25, 0.3) is 0 Å². The van der Waals surface area contributed by atoms with E-state index in [1.54, 1.807) is 0 Å². The summed E-state index contributed by atoms with van der Waals surface area (Å²) in [5, 5.41) is 10.6. The van der Waals surface area contributed by atoms with Gasteiger partial charge >= 0.3 is 11.7 Å². The van der Waals surface area contributed by atoms with E-state index >= 15 is 0 Å². The molecule has 7 heteroatoms. The van der Waals surface area contributed by atoms with Crippen molar-refractivity contribution in [2.75, 3.05) is 7.11 Å². The molecular weight excluding hydrogens is 233 g/mol. The lowest BCUT2D eigenvalue weighted by Gasteiger charge is -2.12. The van der Waals surface area contributed by atoms with Crippen molar-refractivity contribution in [1.82, 2.24) is 0 Å². The van der Waals surface area contributed by atoms with E-state index in [-0.39, 0.29) is 5.75 Å². The average molecular weight is 243 g/mol. The molecule has 0 amide bonds. The highest BCUT2D eigenvalue weighted by molar-refractivity contribution is 5.74. The highest BCUT2D eigenvalue weighted by Gasteiger charge is 2.22. The minimum atomic E-state index is -1.06. The second-order valence-corrected chi connectivity index (χ2v) is 3.15. The molecule has 1 rings (SSSR count). The number of ether oxygens (including phenoxy) is 2. The molecule has 0 fully saturated rings. The summed E-state index contributed by atoms with van der Waals surface area (Å²) in [5.74, 6) is -1.71. The van der Waals surface area contributed by atoms with Gasteiger partial charge in [-0.05, 0) is 13.0 Å². The third-order valence-electron chi connectivity index (χ3n) is 1.96. The first-order valence-electron chi connectivity index (χ1n) is 4.64. The first kappa shape index (κ1) is 12.9. The highest BCUT2D eigenvalue weighted by Crippen LogP contribution is 2.28. The lowest BCUT2D eigenvalue weighted by atomic mass is 10.3. The van der Waals surface area contributed by atoms with Gasteiger partial charge in [-0.25, -0.2) is 9.18 Å². The van der Waals surface area contributed by atoms with E-state index in [1.165, 1.54) is 6.92 Å². The van der Waals surface area contributed by atoms with Gasteiger partial charge in [-0.3, -0.25) is 10.1 Å². The Hall–Kier alpha value is -2.18. The predicted octanol–water partition coefficient (Wildman–Crippen LogP) is 1.67. The Labute approximate surface area is 96.1 Å². The summed E-state index contributed by atoms with van der Waals surface area (Å²) >= 11 is 0. The zero-order valence-corrected chi connectivity index (χ0v) is 9.18. The van der Waals surface area contributed by atoms with Gasteiger partial charge in [-0.1, -0.05) is 0 Å². The maximum absolute atomic E-state index is 12.9. The van der Waals surface area contributed by atoms with Crippen LogP contribution in [0.3, 0.4) is 0 Å². The lowest BCUT2D eigenvalue weighted by molar-refractivity contribution is -0.386. The quantitative estimate of drug-likeness (QED) is 0.456. The van der Waals surface area contributed by atoms with Crippen LogP contribution in [0.5, 0.6) is 5.75 Å². The summed E-state index contributed by atoms with van der Waals surface area (Å²) < 4.78 is 22.3. The van der Waals surface area contributed by atoms with Gasteiger partial charge in [-0.2, -0.15) is 0 Å². The zero-order valence-electron chi connectivity index (χ0n) is 9.18. The Bertz CT molecular complexity index is 448. The van der Waals surface area contributed by atoms with Crippen LogP contribution in [0.15, 0.2) is 18.2 Å². The number of nitrogens with zero attached hydrogens (tertiary/aromatic N) is 1. The number of carbonyl (C=O) groups excluding carboxylic acids is 1. The molecule has 0 saturated heterocycles. The molecule has 92 valence electrons. The van der Waals surface area contributed by atoms with Crippen molar-refractivity contribution >= 4 is 11.7 Å².